The highest BCUT2D eigenvalue weighted by Crippen LogP contribution is 2.21. The van der Waals surface area contributed by atoms with Gasteiger partial charge in [0.1, 0.15) is 0 Å². The fourth-order valence-electron chi connectivity index (χ4n) is 2.37. The normalized spacial score (nSPS) is 19.0. The first-order valence-corrected chi connectivity index (χ1v) is 8.10. The lowest BCUT2D eigenvalue weighted by molar-refractivity contribution is 0.425. The number of fused-ring (bicyclic) bond motifs is 1. The number of hydrogen-bond donors (Lipinski definition) is 2. The van der Waals surface area contributed by atoms with E-state index in [0.717, 1.165) is 17.7 Å². The molecule has 1 aliphatic heterocycles. The lowest BCUT2D eigenvalue weighted by atomic mass is 10.0. The van der Waals surface area contributed by atoms with Gasteiger partial charge in [-0.05, 0) is 18.1 Å². The maximum atomic E-state index is 12.2. The van der Waals surface area contributed by atoms with E-state index in [1.807, 2.05) is 38.1 Å². The van der Waals surface area contributed by atoms with E-state index in [1.165, 1.54) is 4.31 Å². The molecule has 0 radical (unpaired) electrons. The quantitative estimate of drug-likeness (QED) is 0.853. The largest absolute Gasteiger partial charge is 0.383 e. The van der Waals surface area contributed by atoms with Crippen LogP contribution in [0.1, 0.15) is 19.4 Å². The van der Waals surface area contributed by atoms with Crippen molar-refractivity contribution in [3.05, 3.63) is 29.8 Å². The van der Waals surface area contributed by atoms with Crippen LogP contribution in [0.5, 0.6) is 0 Å². The molecule has 0 spiro atoms. The van der Waals surface area contributed by atoms with E-state index in [1.54, 1.807) is 0 Å². The summed E-state index contributed by atoms with van der Waals surface area (Å²) in [7, 11) is -3.38. The summed E-state index contributed by atoms with van der Waals surface area (Å²) in [5.74, 6) is 0. The van der Waals surface area contributed by atoms with Crippen LogP contribution in [-0.2, 0) is 16.6 Å². The number of para-hydroxylation sites is 1. The summed E-state index contributed by atoms with van der Waals surface area (Å²) in [6.45, 7) is 5.29. The molecule has 1 unspecified atom stereocenters. The van der Waals surface area contributed by atoms with E-state index in [-0.39, 0.29) is 6.04 Å². The summed E-state index contributed by atoms with van der Waals surface area (Å²) in [5.41, 5.74) is 2.25. The predicted molar refractivity (Wildman–Crippen MR) is 77.4 cm³/mol. The Hall–Kier alpha value is -1.11. The molecular formula is C13H21N3O2S. The van der Waals surface area contributed by atoms with Gasteiger partial charge >= 0.3 is 0 Å². The minimum Gasteiger partial charge on any atom is -0.383 e. The molecule has 1 aliphatic rings. The maximum absolute atomic E-state index is 12.2. The van der Waals surface area contributed by atoms with Gasteiger partial charge in [-0.25, -0.2) is 0 Å². The van der Waals surface area contributed by atoms with E-state index < -0.39 is 10.2 Å². The molecule has 106 valence electrons. The molecule has 2 rings (SSSR count). The van der Waals surface area contributed by atoms with Crippen molar-refractivity contribution in [1.82, 2.24) is 9.03 Å². The van der Waals surface area contributed by atoms with Crippen LogP contribution in [0.2, 0.25) is 0 Å². The van der Waals surface area contributed by atoms with Crippen molar-refractivity contribution < 1.29 is 8.42 Å². The van der Waals surface area contributed by atoms with Crippen LogP contribution in [0.15, 0.2) is 24.3 Å². The van der Waals surface area contributed by atoms with E-state index in [0.29, 0.717) is 19.6 Å². The molecule has 0 saturated carbocycles. The monoisotopic (exact) mass is 283 g/mol. The van der Waals surface area contributed by atoms with Crippen LogP contribution >= 0.6 is 0 Å². The molecule has 0 amide bonds. The third-order valence-corrected chi connectivity index (χ3v) is 5.21. The zero-order valence-corrected chi connectivity index (χ0v) is 12.2. The molecule has 6 heteroatoms. The average Bonchev–Trinajstić information content (AvgIpc) is 2.39. The van der Waals surface area contributed by atoms with Crippen molar-refractivity contribution in [3.63, 3.8) is 0 Å². The fraction of sp³-hybridized carbons (Fsp3) is 0.538. The van der Waals surface area contributed by atoms with Crippen LogP contribution in [0.4, 0.5) is 5.69 Å². The summed E-state index contributed by atoms with van der Waals surface area (Å²) >= 11 is 0. The second-order valence-corrected chi connectivity index (χ2v) is 6.35. The Bertz CT molecular complexity index is 526. The minimum atomic E-state index is -3.38. The van der Waals surface area contributed by atoms with E-state index >= 15 is 0 Å². The number of anilines is 1. The molecule has 0 aromatic heterocycles. The summed E-state index contributed by atoms with van der Waals surface area (Å²) in [5, 5.41) is 3.26. The summed E-state index contributed by atoms with van der Waals surface area (Å²) in [6, 6.07) is 7.90. The number of rotatable bonds is 5. The van der Waals surface area contributed by atoms with Gasteiger partial charge in [0, 0.05) is 31.4 Å². The van der Waals surface area contributed by atoms with Gasteiger partial charge in [-0.1, -0.05) is 32.0 Å². The fourth-order valence-corrected chi connectivity index (χ4v) is 3.79. The number of nitrogens with zero attached hydrogens (tertiary/aromatic N) is 1. The number of hydrogen-bond acceptors (Lipinski definition) is 3. The van der Waals surface area contributed by atoms with Gasteiger partial charge in [0.25, 0.3) is 10.2 Å². The van der Waals surface area contributed by atoms with Crippen molar-refractivity contribution in [1.29, 1.82) is 0 Å². The molecule has 0 bridgehead atoms. The first kappa shape index (κ1) is 14.3. The zero-order chi connectivity index (χ0) is 13.9. The standard InChI is InChI=1S/C13H21N3O2S/c1-3-16(4-2)19(17,18)15-12-9-11-7-5-6-8-13(11)14-10-12/h5-8,12,14-15H,3-4,9-10H2,1-2H3. The SMILES string of the molecule is CCN(CC)S(=O)(=O)NC1CNc2ccccc2C1. The second kappa shape index (κ2) is 5.90. The Morgan fingerprint density at radius 3 is 2.68 bits per heavy atom. The van der Waals surface area contributed by atoms with Crippen molar-refractivity contribution in [2.24, 2.45) is 0 Å². The summed E-state index contributed by atoms with van der Waals surface area (Å²) in [4.78, 5) is 0. The lowest BCUT2D eigenvalue weighted by Crippen LogP contribution is -2.49. The minimum absolute atomic E-state index is 0.0968. The van der Waals surface area contributed by atoms with Gasteiger partial charge in [-0.3, -0.25) is 0 Å². The van der Waals surface area contributed by atoms with Gasteiger partial charge < -0.3 is 5.32 Å². The van der Waals surface area contributed by atoms with Gasteiger partial charge in [0.2, 0.25) is 0 Å². The van der Waals surface area contributed by atoms with Crippen molar-refractivity contribution in [2.75, 3.05) is 25.0 Å². The molecule has 19 heavy (non-hydrogen) atoms. The zero-order valence-electron chi connectivity index (χ0n) is 11.4. The topological polar surface area (TPSA) is 61.4 Å². The third-order valence-electron chi connectivity index (χ3n) is 3.38. The predicted octanol–water partition coefficient (Wildman–Crippen LogP) is 1.20. The smallest absolute Gasteiger partial charge is 0.279 e. The maximum Gasteiger partial charge on any atom is 0.279 e. The Morgan fingerprint density at radius 1 is 1.32 bits per heavy atom. The summed E-state index contributed by atoms with van der Waals surface area (Å²) < 4.78 is 28.5. The highest BCUT2D eigenvalue weighted by Gasteiger charge is 2.25. The van der Waals surface area contributed by atoms with Gasteiger partial charge in [-0.15, -0.1) is 0 Å². The Morgan fingerprint density at radius 2 is 2.00 bits per heavy atom. The van der Waals surface area contributed by atoms with E-state index in [9.17, 15) is 8.42 Å². The molecule has 1 heterocycles. The molecule has 1 atom stereocenters. The van der Waals surface area contributed by atoms with Crippen LogP contribution in [0.3, 0.4) is 0 Å². The summed E-state index contributed by atoms with van der Waals surface area (Å²) in [6.07, 6.45) is 0.726. The van der Waals surface area contributed by atoms with E-state index in [4.69, 9.17) is 0 Å². The third kappa shape index (κ3) is 3.26. The Labute approximate surface area is 115 Å². The average molecular weight is 283 g/mol. The second-order valence-electron chi connectivity index (χ2n) is 4.65. The molecule has 1 aromatic carbocycles. The van der Waals surface area contributed by atoms with Gasteiger partial charge in [0.15, 0.2) is 0 Å². The molecule has 1 aromatic rings. The molecule has 0 saturated heterocycles. The molecule has 0 fully saturated rings. The van der Waals surface area contributed by atoms with E-state index in [2.05, 4.69) is 10.0 Å². The molecule has 5 nitrogen and oxygen atoms in total. The first-order valence-electron chi connectivity index (χ1n) is 6.66. The van der Waals surface area contributed by atoms with Crippen LogP contribution in [-0.4, -0.2) is 38.4 Å². The van der Waals surface area contributed by atoms with Crippen LogP contribution in [0.25, 0.3) is 0 Å². The highest BCUT2D eigenvalue weighted by molar-refractivity contribution is 7.87. The van der Waals surface area contributed by atoms with Gasteiger partial charge in [-0.2, -0.15) is 17.4 Å². The van der Waals surface area contributed by atoms with Gasteiger partial charge in [0.05, 0.1) is 0 Å². The molecule has 2 N–H and O–H groups in total. The number of benzene rings is 1. The Balaban J connectivity index is 2.06. The Kier molecular flexibility index (Phi) is 4.44. The number of nitrogens with one attached hydrogen (secondary N) is 2. The first-order chi connectivity index (χ1) is 9.06. The lowest BCUT2D eigenvalue weighted by Gasteiger charge is -2.29. The van der Waals surface area contributed by atoms with Crippen molar-refractivity contribution in [2.45, 2.75) is 26.3 Å². The van der Waals surface area contributed by atoms with Crippen LogP contribution < -0.4 is 10.0 Å². The molecular weight excluding hydrogens is 262 g/mol. The highest BCUT2D eigenvalue weighted by atomic mass is 32.2. The van der Waals surface area contributed by atoms with Crippen LogP contribution in [0, 0.1) is 0 Å². The van der Waals surface area contributed by atoms with Crippen molar-refractivity contribution in [3.8, 4) is 0 Å². The van der Waals surface area contributed by atoms with Crippen molar-refractivity contribution >= 4 is 15.9 Å². The molecule has 0 aliphatic carbocycles.